The molecule has 1 aliphatic heterocycles. The molecule has 0 unspecified atom stereocenters. The summed E-state index contributed by atoms with van der Waals surface area (Å²) in [7, 11) is 3.37. The smallest absolute Gasteiger partial charge is 0.122 e. The molecule has 1 aliphatic rings. The number of nitrogens with one attached hydrogen (secondary N) is 1. The highest BCUT2D eigenvalue weighted by Gasteiger charge is 2.15. The summed E-state index contributed by atoms with van der Waals surface area (Å²) in [6.07, 6.45) is 0. The van der Waals surface area contributed by atoms with Gasteiger partial charge in [-0.2, -0.15) is 0 Å². The minimum absolute atomic E-state index is 0.829. The molecule has 4 heteroatoms. The van der Waals surface area contributed by atoms with E-state index in [9.17, 15) is 0 Å². The van der Waals surface area contributed by atoms with Crippen LogP contribution in [0, 0.1) is 0 Å². The third-order valence-electron chi connectivity index (χ3n) is 3.99. The summed E-state index contributed by atoms with van der Waals surface area (Å²) in [4.78, 5) is 2.41. The molecule has 1 N–H and O–H groups in total. The maximum Gasteiger partial charge on any atom is 0.122 e. The fourth-order valence-electron chi connectivity index (χ4n) is 2.87. The van der Waals surface area contributed by atoms with Crippen LogP contribution in [0.25, 0.3) is 0 Å². The minimum Gasteiger partial charge on any atom is -0.497 e. The summed E-state index contributed by atoms with van der Waals surface area (Å²) in [5, 5.41) is 3.47. The minimum atomic E-state index is 0.829. The van der Waals surface area contributed by atoms with Crippen molar-refractivity contribution < 1.29 is 9.47 Å². The number of para-hydroxylation sites is 1. The quantitative estimate of drug-likeness (QED) is 0.941. The van der Waals surface area contributed by atoms with Gasteiger partial charge in [0.25, 0.3) is 0 Å². The molecule has 0 aliphatic carbocycles. The number of benzene rings is 2. The van der Waals surface area contributed by atoms with Crippen molar-refractivity contribution in [3.8, 4) is 11.5 Å². The lowest BCUT2D eigenvalue weighted by atomic mass is 10.1. The maximum atomic E-state index is 5.37. The molecule has 0 saturated carbocycles. The standard InChI is InChI=1S/C18H22N2O2/c1-21-16-9-14(10-17(11-16)22-2)13-20-8-7-19-12-15-5-3-4-6-18(15)20/h3-6,9-11,19H,7-8,12-13H2,1-2H3. The van der Waals surface area contributed by atoms with E-state index in [2.05, 4.69) is 46.6 Å². The van der Waals surface area contributed by atoms with Gasteiger partial charge in [0.05, 0.1) is 14.2 Å². The van der Waals surface area contributed by atoms with E-state index >= 15 is 0 Å². The van der Waals surface area contributed by atoms with Gasteiger partial charge in [0, 0.05) is 37.9 Å². The van der Waals surface area contributed by atoms with Crippen LogP contribution in [0.2, 0.25) is 0 Å². The second kappa shape index (κ2) is 6.71. The van der Waals surface area contributed by atoms with E-state index in [0.717, 1.165) is 37.7 Å². The van der Waals surface area contributed by atoms with Crippen molar-refractivity contribution in [2.45, 2.75) is 13.1 Å². The van der Waals surface area contributed by atoms with Gasteiger partial charge < -0.3 is 19.7 Å². The Kier molecular flexibility index (Phi) is 4.49. The molecule has 2 aromatic carbocycles. The average Bonchev–Trinajstić information content (AvgIpc) is 2.77. The molecule has 1 heterocycles. The Hall–Kier alpha value is -2.20. The number of hydrogen-bond donors (Lipinski definition) is 1. The van der Waals surface area contributed by atoms with Gasteiger partial charge in [-0.3, -0.25) is 0 Å². The van der Waals surface area contributed by atoms with Crippen molar-refractivity contribution >= 4 is 5.69 Å². The Morgan fingerprint density at radius 2 is 1.77 bits per heavy atom. The fourth-order valence-corrected chi connectivity index (χ4v) is 2.87. The number of anilines is 1. The van der Waals surface area contributed by atoms with E-state index in [0.29, 0.717) is 0 Å². The number of rotatable bonds is 4. The second-order valence-electron chi connectivity index (χ2n) is 5.45. The van der Waals surface area contributed by atoms with Crippen molar-refractivity contribution in [3.05, 3.63) is 53.6 Å². The first-order chi connectivity index (χ1) is 10.8. The van der Waals surface area contributed by atoms with Crippen LogP contribution >= 0.6 is 0 Å². The molecule has 2 aromatic rings. The number of ether oxygens (including phenoxy) is 2. The highest BCUT2D eigenvalue weighted by molar-refractivity contribution is 5.55. The van der Waals surface area contributed by atoms with Gasteiger partial charge in [-0.1, -0.05) is 18.2 Å². The summed E-state index contributed by atoms with van der Waals surface area (Å²) in [5.74, 6) is 1.66. The summed E-state index contributed by atoms with van der Waals surface area (Å²) in [6.45, 7) is 3.73. The van der Waals surface area contributed by atoms with Crippen LogP contribution in [0.1, 0.15) is 11.1 Å². The Balaban J connectivity index is 1.89. The number of fused-ring (bicyclic) bond motifs is 1. The highest BCUT2D eigenvalue weighted by atomic mass is 16.5. The zero-order valence-corrected chi connectivity index (χ0v) is 13.1. The van der Waals surface area contributed by atoms with Crippen LogP contribution in [-0.2, 0) is 13.1 Å². The summed E-state index contributed by atoms with van der Waals surface area (Å²) in [5.41, 5.74) is 3.83. The predicted molar refractivity (Wildman–Crippen MR) is 88.7 cm³/mol. The van der Waals surface area contributed by atoms with Crippen LogP contribution in [0.15, 0.2) is 42.5 Å². The van der Waals surface area contributed by atoms with Crippen molar-refractivity contribution in [1.29, 1.82) is 0 Å². The Bertz CT molecular complexity index is 620. The third-order valence-corrected chi connectivity index (χ3v) is 3.99. The highest BCUT2D eigenvalue weighted by Crippen LogP contribution is 2.27. The van der Waals surface area contributed by atoms with Gasteiger partial charge in [0.2, 0.25) is 0 Å². The zero-order valence-electron chi connectivity index (χ0n) is 13.1. The molecule has 0 atom stereocenters. The van der Waals surface area contributed by atoms with Gasteiger partial charge in [-0.25, -0.2) is 0 Å². The lowest BCUT2D eigenvalue weighted by Crippen LogP contribution is -2.28. The molecule has 0 radical (unpaired) electrons. The zero-order chi connectivity index (χ0) is 15.4. The largest absolute Gasteiger partial charge is 0.497 e. The Morgan fingerprint density at radius 3 is 2.50 bits per heavy atom. The lowest BCUT2D eigenvalue weighted by molar-refractivity contribution is 0.393. The Morgan fingerprint density at radius 1 is 1.05 bits per heavy atom. The van der Waals surface area contributed by atoms with Crippen LogP contribution < -0.4 is 19.7 Å². The molecule has 0 spiro atoms. The SMILES string of the molecule is COc1cc(CN2CCNCc3ccccc32)cc(OC)c1. The molecule has 0 amide bonds. The van der Waals surface area contributed by atoms with Crippen LogP contribution in [0.3, 0.4) is 0 Å². The fraction of sp³-hybridized carbons (Fsp3) is 0.333. The van der Waals surface area contributed by atoms with E-state index in [-0.39, 0.29) is 0 Å². The van der Waals surface area contributed by atoms with Gasteiger partial charge in [-0.15, -0.1) is 0 Å². The molecule has 22 heavy (non-hydrogen) atoms. The van der Waals surface area contributed by atoms with Crippen LogP contribution in [-0.4, -0.2) is 27.3 Å². The topological polar surface area (TPSA) is 33.7 Å². The van der Waals surface area contributed by atoms with Gasteiger partial charge in [0.15, 0.2) is 0 Å². The number of methoxy groups -OCH3 is 2. The molecular weight excluding hydrogens is 276 g/mol. The molecular formula is C18H22N2O2. The Labute approximate surface area is 131 Å². The third kappa shape index (κ3) is 3.17. The normalized spacial score (nSPS) is 14.2. The van der Waals surface area contributed by atoms with Crippen LogP contribution in [0.5, 0.6) is 11.5 Å². The molecule has 0 aromatic heterocycles. The van der Waals surface area contributed by atoms with Crippen LogP contribution in [0.4, 0.5) is 5.69 Å². The maximum absolute atomic E-state index is 5.37. The summed E-state index contributed by atoms with van der Waals surface area (Å²) < 4.78 is 10.7. The first-order valence-corrected chi connectivity index (χ1v) is 7.55. The van der Waals surface area contributed by atoms with E-state index in [4.69, 9.17) is 9.47 Å². The van der Waals surface area contributed by atoms with E-state index in [1.807, 2.05) is 6.07 Å². The monoisotopic (exact) mass is 298 g/mol. The first kappa shape index (κ1) is 14.7. The second-order valence-corrected chi connectivity index (χ2v) is 5.45. The van der Waals surface area contributed by atoms with Crippen molar-refractivity contribution in [1.82, 2.24) is 5.32 Å². The molecule has 4 nitrogen and oxygen atoms in total. The van der Waals surface area contributed by atoms with E-state index in [1.54, 1.807) is 14.2 Å². The van der Waals surface area contributed by atoms with Crippen molar-refractivity contribution in [2.75, 3.05) is 32.2 Å². The molecule has 116 valence electrons. The first-order valence-electron chi connectivity index (χ1n) is 7.55. The lowest BCUT2D eigenvalue weighted by Gasteiger charge is -2.25. The average molecular weight is 298 g/mol. The molecule has 3 rings (SSSR count). The molecule has 0 saturated heterocycles. The summed E-state index contributed by atoms with van der Waals surface area (Å²) >= 11 is 0. The van der Waals surface area contributed by atoms with Crippen molar-refractivity contribution in [3.63, 3.8) is 0 Å². The molecule has 0 bridgehead atoms. The number of hydrogen-bond acceptors (Lipinski definition) is 4. The number of nitrogens with zero attached hydrogens (tertiary/aromatic N) is 1. The van der Waals surface area contributed by atoms with Gasteiger partial charge in [-0.05, 0) is 29.3 Å². The summed E-state index contributed by atoms with van der Waals surface area (Å²) in [6, 6.07) is 14.6. The van der Waals surface area contributed by atoms with Crippen molar-refractivity contribution in [2.24, 2.45) is 0 Å². The predicted octanol–water partition coefficient (Wildman–Crippen LogP) is 2.81. The van der Waals surface area contributed by atoms with Gasteiger partial charge in [0.1, 0.15) is 11.5 Å². The van der Waals surface area contributed by atoms with E-state index < -0.39 is 0 Å². The molecule has 0 fully saturated rings. The van der Waals surface area contributed by atoms with E-state index in [1.165, 1.54) is 16.8 Å². The van der Waals surface area contributed by atoms with Gasteiger partial charge >= 0.3 is 0 Å².